The highest BCUT2D eigenvalue weighted by Crippen LogP contribution is 2.61. The summed E-state index contributed by atoms with van der Waals surface area (Å²) in [6, 6.07) is -1.07. The summed E-state index contributed by atoms with van der Waals surface area (Å²) in [4.78, 5) is 110. The van der Waals surface area contributed by atoms with Crippen LogP contribution in [0.1, 0.15) is 118 Å². The number of nitrogens with zero attached hydrogens (tertiary/aromatic N) is 2. The molecular weight excluding hydrogens is 840 g/mol. The summed E-state index contributed by atoms with van der Waals surface area (Å²) in [6.45, 7) is 8.12. The lowest BCUT2D eigenvalue weighted by Gasteiger charge is -2.48. The van der Waals surface area contributed by atoms with E-state index in [1.807, 2.05) is 0 Å². The highest BCUT2D eigenvalue weighted by Gasteiger charge is 2.66. The van der Waals surface area contributed by atoms with Crippen LogP contribution in [-0.2, 0) is 38.4 Å². The van der Waals surface area contributed by atoms with Gasteiger partial charge in [0, 0.05) is 77.3 Å². The number of hydrogen-bond acceptors (Lipinski definition) is 12. The topological polar surface area (TPSA) is 347 Å². The standard InChI is InChI=1S/C44H56N4O16/c1-40(13-12-34(55)56)25(15-36(59)60)39-44(5)42(3,20-38(63)64)23(8-11-33(53)54)27(48-44)17-30-41(2,19-37(61)62)22(7-10-32(51)52)28(45-30)18-43(4)24(14-35(57)58)21(6-9-31(49)50)26(47-43)16-29(40)46-39/h16-17,23,25,39,46,48H,6-15,18-20H2,1-5H3,(H,49,50)(H,51,52)(H,53,54)(H,55,56)(H,57,58)(H,59,60)(H,61,62)(H,63,64)/b27-17-,29-16?/t23-,25+,39-,40-,41+,42+,43?,44+/m1/s1. The molecular formula is C44H56N4O16. The van der Waals surface area contributed by atoms with Crippen LogP contribution in [0.3, 0.4) is 0 Å². The van der Waals surface area contributed by atoms with E-state index < -0.39 is 144 Å². The third kappa shape index (κ3) is 9.17. The lowest BCUT2D eigenvalue weighted by Crippen LogP contribution is -2.63. The van der Waals surface area contributed by atoms with E-state index in [9.17, 15) is 79.2 Å². The third-order valence-corrected chi connectivity index (χ3v) is 14.5. The van der Waals surface area contributed by atoms with Crippen molar-refractivity contribution in [2.75, 3.05) is 0 Å². The monoisotopic (exact) mass is 896 g/mol. The molecule has 0 saturated carbocycles. The van der Waals surface area contributed by atoms with Crippen molar-refractivity contribution in [3.8, 4) is 0 Å². The minimum absolute atomic E-state index is 0.0946. The molecule has 348 valence electrons. The molecule has 8 bridgehead atoms. The molecule has 0 aliphatic carbocycles. The van der Waals surface area contributed by atoms with Crippen LogP contribution >= 0.6 is 0 Å². The Morgan fingerprint density at radius 1 is 0.688 bits per heavy atom. The van der Waals surface area contributed by atoms with Crippen LogP contribution in [0.2, 0.25) is 0 Å². The van der Waals surface area contributed by atoms with Crippen LogP contribution in [0, 0.1) is 28.1 Å². The maximum Gasteiger partial charge on any atom is 0.307 e. The number of fused-ring (bicyclic) bond motifs is 7. The number of aliphatic carboxylic acids is 8. The van der Waals surface area contributed by atoms with Gasteiger partial charge in [-0.2, -0.15) is 0 Å². The fraction of sp³-hybridized carbons (Fsp3) is 0.591. The third-order valence-electron chi connectivity index (χ3n) is 14.5. The Morgan fingerprint density at radius 3 is 1.83 bits per heavy atom. The first-order valence-corrected chi connectivity index (χ1v) is 21.0. The van der Waals surface area contributed by atoms with Gasteiger partial charge >= 0.3 is 47.8 Å². The highest BCUT2D eigenvalue weighted by atomic mass is 16.4. The van der Waals surface area contributed by atoms with Crippen LogP contribution in [0.5, 0.6) is 0 Å². The van der Waals surface area contributed by atoms with Gasteiger partial charge in [0.15, 0.2) is 0 Å². The number of nitrogens with one attached hydrogen (secondary N) is 2. The Balaban J connectivity index is 1.98. The van der Waals surface area contributed by atoms with E-state index in [0.717, 1.165) is 0 Å². The van der Waals surface area contributed by atoms with Crippen molar-refractivity contribution in [3.05, 3.63) is 46.0 Å². The lowest BCUT2D eigenvalue weighted by molar-refractivity contribution is -0.144. The summed E-state index contributed by atoms with van der Waals surface area (Å²) in [5.74, 6) is -12.0. The average molecular weight is 897 g/mol. The van der Waals surface area contributed by atoms with Gasteiger partial charge in [-0.15, -0.1) is 0 Å². The Kier molecular flexibility index (Phi) is 13.4. The molecule has 5 aliphatic rings. The van der Waals surface area contributed by atoms with Crippen molar-refractivity contribution in [2.24, 2.45) is 38.1 Å². The smallest absolute Gasteiger partial charge is 0.307 e. The molecule has 0 radical (unpaired) electrons. The van der Waals surface area contributed by atoms with Crippen LogP contribution in [0.4, 0.5) is 0 Å². The highest BCUT2D eigenvalue weighted by molar-refractivity contribution is 6.12. The SMILES string of the molecule is CC12CC3=C(CCC(=O)O)[C@](C)(CC(=O)O)C(=N3)/C=C3\N[C@@](C)([C@@H]4NC(=CC(=N1)C(CCC(=O)O)=C2CC(=O)O)[C@](C)(CCC(=O)O)[C@H]4CC(=O)O)[C@@](C)(CC(=O)O)[C@@H]3CCC(=O)O. The lowest BCUT2D eigenvalue weighted by atomic mass is 9.57. The minimum atomic E-state index is -1.55. The van der Waals surface area contributed by atoms with Gasteiger partial charge in [-0.05, 0) is 75.3 Å². The van der Waals surface area contributed by atoms with Crippen molar-refractivity contribution >= 4 is 59.2 Å². The van der Waals surface area contributed by atoms with E-state index in [1.54, 1.807) is 34.6 Å². The predicted octanol–water partition coefficient (Wildman–Crippen LogP) is 4.32. The summed E-state index contributed by atoms with van der Waals surface area (Å²) in [7, 11) is 0. The normalized spacial score (nSPS) is 32.5. The number of carboxylic acids is 8. The largest absolute Gasteiger partial charge is 0.481 e. The average Bonchev–Trinajstić information content (AvgIpc) is 3.72. The molecule has 0 aromatic carbocycles. The molecule has 20 nitrogen and oxygen atoms in total. The fourth-order valence-corrected chi connectivity index (χ4v) is 11.2. The second kappa shape index (κ2) is 17.7. The Bertz CT molecular complexity index is 2270. The second-order valence-electron chi connectivity index (χ2n) is 18.7. The number of carbonyl (C=O) groups is 8. The summed E-state index contributed by atoms with van der Waals surface area (Å²) in [6.07, 6.45) is -2.20. The quantitative estimate of drug-likeness (QED) is 0.0813. The zero-order valence-electron chi connectivity index (χ0n) is 36.3. The Morgan fingerprint density at radius 2 is 1.28 bits per heavy atom. The second-order valence-corrected chi connectivity index (χ2v) is 18.7. The van der Waals surface area contributed by atoms with E-state index >= 15 is 0 Å². The van der Waals surface area contributed by atoms with Gasteiger partial charge in [0.05, 0.1) is 54.2 Å². The fourth-order valence-electron chi connectivity index (χ4n) is 11.2. The van der Waals surface area contributed by atoms with E-state index in [2.05, 4.69) is 10.6 Å². The Labute approximate surface area is 367 Å². The van der Waals surface area contributed by atoms with E-state index in [4.69, 9.17) is 9.98 Å². The first kappa shape index (κ1) is 48.7. The van der Waals surface area contributed by atoms with E-state index in [1.165, 1.54) is 12.2 Å². The molecule has 2 saturated heterocycles. The van der Waals surface area contributed by atoms with Crippen molar-refractivity contribution in [1.29, 1.82) is 0 Å². The minimum Gasteiger partial charge on any atom is -0.481 e. The molecule has 10 N–H and O–H groups in total. The van der Waals surface area contributed by atoms with Crippen molar-refractivity contribution in [1.82, 2.24) is 10.6 Å². The maximum atomic E-state index is 13.0. The van der Waals surface area contributed by atoms with Crippen LogP contribution < -0.4 is 10.6 Å². The molecule has 2 fully saturated rings. The molecule has 0 aromatic heterocycles. The van der Waals surface area contributed by atoms with E-state index in [0.29, 0.717) is 5.57 Å². The van der Waals surface area contributed by atoms with Gasteiger partial charge in [0.25, 0.3) is 0 Å². The summed E-state index contributed by atoms with van der Waals surface area (Å²) in [5, 5.41) is 88.4. The number of allylic oxidation sites excluding steroid dienone is 6. The van der Waals surface area contributed by atoms with Gasteiger partial charge in [-0.25, -0.2) is 0 Å². The van der Waals surface area contributed by atoms with Crippen molar-refractivity contribution < 1.29 is 79.2 Å². The van der Waals surface area contributed by atoms with Crippen LogP contribution in [0.25, 0.3) is 0 Å². The van der Waals surface area contributed by atoms with Gasteiger partial charge < -0.3 is 51.5 Å². The summed E-state index contributed by atoms with van der Waals surface area (Å²) >= 11 is 0. The number of hydrogen-bond donors (Lipinski definition) is 10. The molecule has 5 rings (SSSR count). The number of carboxylic acid groups (broad SMARTS) is 8. The number of rotatable bonds is 20. The summed E-state index contributed by atoms with van der Waals surface area (Å²) < 4.78 is 0. The van der Waals surface area contributed by atoms with Gasteiger partial charge in [0.1, 0.15) is 0 Å². The van der Waals surface area contributed by atoms with Crippen molar-refractivity contribution in [3.63, 3.8) is 0 Å². The zero-order chi connectivity index (χ0) is 47.9. The first-order chi connectivity index (χ1) is 29.6. The molecule has 5 heterocycles. The molecule has 5 aliphatic heterocycles. The van der Waals surface area contributed by atoms with Gasteiger partial charge in [0.2, 0.25) is 0 Å². The van der Waals surface area contributed by atoms with E-state index in [-0.39, 0.29) is 71.8 Å². The molecule has 0 amide bonds. The van der Waals surface area contributed by atoms with Crippen LogP contribution in [0.15, 0.2) is 55.9 Å². The molecule has 0 aromatic rings. The maximum absolute atomic E-state index is 13.0. The molecule has 20 heteroatoms. The zero-order valence-corrected chi connectivity index (χ0v) is 36.3. The van der Waals surface area contributed by atoms with Crippen LogP contribution in [-0.4, -0.2) is 117 Å². The predicted molar refractivity (Wildman–Crippen MR) is 224 cm³/mol. The summed E-state index contributed by atoms with van der Waals surface area (Å²) in [5.41, 5.74) is -5.83. The van der Waals surface area contributed by atoms with Crippen molar-refractivity contribution in [2.45, 2.75) is 135 Å². The number of aliphatic imine (C=N–C) groups is 2. The van der Waals surface area contributed by atoms with Gasteiger partial charge in [-0.1, -0.05) is 13.8 Å². The Hall–Kier alpha value is -6.34. The molecule has 8 atom stereocenters. The molecule has 0 spiro atoms. The van der Waals surface area contributed by atoms with Gasteiger partial charge in [-0.3, -0.25) is 48.3 Å². The first-order valence-electron chi connectivity index (χ1n) is 21.0. The molecule has 1 unspecified atom stereocenters. The molecule has 64 heavy (non-hydrogen) atoms.